The van der Waals surface area contributed by atoms with Gasteiger partial charge < -0.3 is 30.9 Å². The van der Waals surface area contributed by atoms with Crippen molar-refractivity contribution in [2.45, 2.75) is 19.1 Å². The molecule has 0 aliphatic rings. The quantitative estimate of drug-likeness (QED) is 0.199. The van der Waals surface area contributed by atoms with E-state index in [1.807, 2.05) is 30.3 Å². The highest BCUT2D eigenvalue weighted by Crippen LogP contribution is 2.32. The number of amides is 1. The fourth-order valence-corrected chi connectivity index (χ4v) is 3.33. The molecule has 0 aliphatic heterocycles. The first kappa shape index (κ1) is 25.1. The van der Waals surface area contributed by atoms with Crippen molar-refractivity contribution in [3.63, 3.8) is 0 Å². The number of carbonyl (C=O) groups is 2. The molecule has 0 fully saturated rings. The molecule has 0 bridgehead atoms. The predicted octanol–water partition coefficient (Wildman–Crippen LogP) is 3.30. The number of carboxylic acid groups (broad SMARTS) is 1. The van der Waals surface area contributed by atoms with Crippen LogP contribution in [0.15, 0.2) is 72.8 Å². The van der Waals surface area contributed by atoms with Gasteiger partial charge in [-0.3, -0.25) is 15.0 Å². The van der Waals surface area contributed by atoms with E-state index in [-0.39, 0.29) is 18.8 Å². The Kier molecular flexibility index (Phi) is 8.66. The monoisotopic (exact) mass is 476 g/mol. The molecule has 35 heavy (non-hydrogen) atoms. The second kappa shape index (κ2) is 12.1. The lowest BCUT2D eigenvalue weighted by Gasteiger charge is -2.21. The van der Waals surface area contributed by atoms with Crippen molar-refractivity contribution < 1.29 is 24.2 Å². The third-order valence-electron chi connectivity index (χ3n) is 5.17. The minimum Gasteiger partial charge on any atom is -0.493 e. The molecule has 1 atom stereocenters. The van der Waals surface area contributed by atoms with Gasteiger partial charge in [0.2, 0.25) is 5.91 Å². The highest BCUT2D eigenvalue weighted by Gasteiger charge is 2.22. The third kappa shape index (κ3) is 7.23. The Bertz CT molecular complexity index is 1170. The van der Waals surface area contributed by atoms with Gasteiger partial charge in [0.25, 0.3) is 0 Å². The summed E-state index contributed by atoms with van der Waals surface area (Å²) in [6.07, 6.45) is -0.193. The summed E-state index contributed by atoms with van der Waals surface area (Å²) in [6.45, 7) is 0.349. The maximum Gasteiger partial charge on any atom is 0.305 e. The van der Waals surface area contributed by atoms with Crippen LogP contribution in [-0.2, 0) is 16.2 Å². The molecule has 0 heterocycles. The van der Waals surface area contributed by atoms with Crippen molar-refractivity contribution in [3.8, 4) is 11.5 Å². The van der Waals surface area contributed by atoms with Crippen molar-refractivity contribution in [2.24, 2.45) is 5.73 Å². The lowest BCUT2D eigenvalue weighted by molar-refractivity contribution is -0.136. The fraction of sp³-hybridized carbons (Fsp3) is 0.192. The molecule has 0 aliphatic carbocycles. The van der Waals surface area contributed by atoms with E-state index >= 15 is 0 Å². The van der Waals surface area contributed by atoms with Crippen molar-refractivity contribution in [2.75, 3.05) is 19.0 Å². The Hall–Kier alpha value is -4.53. The van der Waals surface area contributed by atoms with Crippen LogP contribution in [0.25, 0.3) is 0 Å². The Morgan fingerprint density at radius 3 is 2.37 bits per heavy atom. The van der Waals surface area contributed by atoms with Crippen molar-refractivity contribution in [1.29, 1.82) is 5.41 Å². The van der Waals surface area contributed by atoms with E-state index in [2.05, 4.69) is 10.6 Å². The highest BCUT2D eigenvalue weighted by atomic mass is 16.5. The zero-order valence-corrected chi connectivity index (χ0v) is 19.3. The number of aliphatic carboxylic acids is 1. The summed E-state index contributed by atoms with van der Waals surface area (Å²) in [5.74, 6) is -0.486. The van der Waals surface area contributed by atoms with Crippen molar-refractivity contribution >= 4 is 23.4 Å². The summed E-state index contributed by atoms with van der Waals surface area (Å²) in [4.78, 5) is 23.9. The summed E-state index contributed by atoms with van der Waals surface area (Å²) < 4.78 is 11.4. The van der Waals surface area contributed by atoms with Crippen LogP contribution in [0, 0.1) is 5.41 Å². The number of carboxylic acids is 1. The summed E-state index contributed by atoms with van der Waals surface area (Å²) in [7, 11) is 1.52. The number of amidine groups is 1. The maximum atomic E-state index is 13.0. The van der Waals surface area contributed by atoms with Crippen LogP contribution < -0.4 is 25.8 Å². The molecule has 3 aromatic carbocycles. The van der Waals surface area contributed by atoms with Gasteiger partial charge in [0.15, 0.2) is 11.5 Å². The molecule has 0 saturated carbocycles. The number of hydrogen-bond acceptors (Lipinski definition) is 6. The van der Waals surface area contributed by atoms with E-state index in [1.165, 1.54) is 7.11 Å². The number of hydrogen-bond donors (Lipinski definition) is 5. The molecule has 3 aromatic rings. The van der Waals surface area contributed by atoms with Gasteiger partial charge in [-0.2, -0.15) is 0 Å². The van der Waals surface area contributed by atoms with Crippen LogP contribution in [-0.4, -0.2) is 36.5 Å². The Morgan fingerprint density at radius 1 is 1.03 bits per heavy atom. The highest BCUT2D eigenvalue weighted by molar-refractivity contribution is 5.95. The van der Waals surface area contributed by atoms with Gasteiger partial charge in [0, 0.05) is 17.8 Å². The van der Waals surface area contributed by atoms with E-state index in [9.17, 15) is 9.59 Å². The number of anilines is 1. The molecular formula is C26H28N4O5. The lowest BCUT2D eigenvalue weighted by Crippen LogP contribution is -2.34. The third-order valence-corrected chi connectivity index (χ3v) is 5.17. The molecule has 3 rings (SSSR count). The molecule has 0 spiro atoms. The van der Waals surface area contributed by atoms with Gasteiger partial charge in [0.1, 0.15) is 18.5 Å². The first-order valence-electron chi connectivity index (χ1n) is 10.9. The van der Waals surface area contributed by atoms with Crippen LogP contribution in [0.3, 0.4) is 0 Å². The minimum absolute atomic E-state index is 0.00890. The first-order valence-corrected chi connectivity index (χ1v) is 10.9. The number of nitrogen functional groups attached to an aromatic ring is 1. The van der Waals surface area contributed by atoms with Gasteiger partial charge >= 0.3 is 5.97 Å². The molecular weight excluding hydrogens is 448 g/mol. The Balaban J connectivity index is 1.83. The lowest BCUT2D eigenvalue weighted by atomic mass is 10.0. The molecule has 0 aromatic heterocycles. The van der Waals surface area contributed by atoms with Crippen LogP contribution in [0.1, 0.15) is 29.2 Å². The van der Waals surface area contributed by atoms with Gasteiger partial charge in [-0.25, -0.2) is 0 Å². The minimum atomic E-state index is -1.00. The van der Waals surface area contributed by atoms with Gasteiger partial charge in [-0.1, -0.05) is 36.4 Å². The van der Waals surface area contributed by atoms with E-state index in [4.69, 9.17) is 25.7 Å². The molecule has 182 valence electrons. The van der Waals surface area contributed by atoms with Crippen molar-refractivity contribution in [3.05, 3.63) is 89.5 Å². The SMILES string of the molecule is COc1cc(C(Nc2ccc(C(=N)N)cc2)C(=O)NCCC(=O)O)ccc1OCc1ccccc1. The summed E-state index contributed by atoms with van der Waals surface area (Å²) in [6, 6.07) is 20.8. The van der Waals surface area contributed by atoms with Gasteiger partial charge in [-0.05, 0) is 47.5 Å². The van der Waals surface area contributed by atoms with Gasteiger partial charge in [-0.15, -0.1) is 0 Å². The number of carbonyl (C=O) groups excluding carboxylic acids is 1. The molecule has 0 saturated heterocycles. The molecule has 1 unspecified atom stereocenters. The number of ether oxygens (including phenoxy) is 2. The van der Waals surface area contributed by atoms with E-state index < -0.39 is 17.9 Å². The van der Waals surface area contributed by atoms with E-state index in [0.717, 1.165) is 5.56 Å². The second-order valence-electron chi connectivity index (χ2n) is 7.69. The Labute approximate surface area is 203 Å². The average Bonchev–Trinajstić information content (AvgIpc) is 2.86. The maximum absolute atomic E-state index is 13.0. The average molecular weight is 477 g/mol. The molecule has 1 amide bonds. The molecule has 6 N–H and O–H groups in total. The van der Waals surface area contributed by atoms with Crippen LogP contribution in [0.2, 0.25) is 0 Å². The fourth-order valence-electron chi connectivity index (χ4n) is 3.33. The van der Waals surface area contributed by atoms with Crippen LogP contribution in [0.4, 0.5) is 5.69 Å². The zero-order chi connectivity index (χ0) is 25.2. The smallest absolute Gasteiger partial charge is 0.305 e. The van der Waals surface area contributed by atoms with Gasteiger partial charge in [0.05, 0.1) is 13.5 Å². The number of rotatable bonds is 12. The molecule has 0 radical (unpaired) electrons. The number of nitrogens with one attached hydrogen (secondary N) is 3. The van der Waals surface area contributed by atoms with E-state index in [0.29, 0.717) is 34.9 Å². The molecule has 9 heteroatoms. The number of nitrogens with two attached hydrogens (primary N) is 1. The van der Waals surface area contributed by atoms with Crippen LogP contribution in [0.5, 0.6) is 11.5 Å². The standard InChI is InChI=1S/C26H28N4O5/c1-34-22-15-19(9-12-21(22)35-16-17-5-3-2-4-6-17)24(26(33)29-14-13-23(31)32)30-20-10-7-18(8-11-20)25(27)28/h2-12,15,24,30H,13-14,16H2,1H3,(H3,27,28)(H,29,33)(H,31,32). The number of methoxy groups -OCH3 is 1. The summed E-state index contributed by atoms with van der Waals surface area (Å²) >= 11 is 0. The molecule has 9 nitrogen and oxygen atoms in total. The zero-order valence-electron chi connectivity index (χ0n) is 19.3. The summed E-state index contributed by atoms with van der Waals surface area (Å²) in [5.41, 5.74) is 8.29. The Morgan fingerprint density at radius 2 is 1.74 bits per heavy atom. The topological polar surface area (TPSA) is 147 Å². The van der Waals surface area contributed by atoms with Crippen molar-refractivity contribution in [1.82, 2.24) is 5.32 Å². The second-order valence-corrected chi connectivity index (χ2v) is 7.69. The normalized spacial score (nSPS) is 11.2. The van der Waals surface area contributed by atoms with E-state index in [1.54, 1.807) is 42.5 Å². The largest absolute Gasteiger partial charge is 0.493 e. The summed E-state index contributed by atoms with van der Waals surface area (Å²) in [5, 5.41) is 22.2. The number of benzene rings is 3. The predicted molar refractivity (Wildman–Crippen MR) is 133 cm³/mol. The first-order chi connectivity index (χ1) is 16.9. The van der Waals surface area contributed by atoms with Crippen LogP contribution >= 0.6 is 0 Å².